The zero-order valence-corrected chi connectivity index (χ0v) is 7.34. The molecular weight excluding hydrogens is 186 g/mol. The molecule has 0 fully saturated rings. The summed E-state index contributed by atoms with van der Waals surface area (Å²) in [5.41, 5.74) is 2.14. The third kappa shape index (κ3) is 2.45. The maximum absolute atomic E-state index is 10.5. The van der Waals surface area contributed by atoms with Crippen molar-refractivity contribution in [3.8, 4) is 5.75 Å². The van der Waals surface area contributed by atoms with E-state index in [4.69, 9.17) is 10.3 Å². The first-order chi connectivity index (χ1) is 6.65. The minimum absolute atomic E-state index is 0.0222. The van der Waals surface area contributed by atoms with Crippen molar-refractivity contribution in [1.82, 2.24) is 5.48 Å². The Morgan fingerprint density at radius 2 is 2.07 bits per heavy atom. The molecule has 14 heavy (non-hydrogen) atoms. The topological polar surface area (TPSA) is 89.8 Å². The molecule has 0 spiro atoms. The standard InChI is InChI=1S/C9H11NO4/c11-8-4-2-1-3-6(8)5-7(10-14)9(12)13/h1-4,7,10-11,14H,5H2,(H,12,13)/t7-/m0/s1. The number of hydrogen-bond acceptors (Lipinski definition) is 4. The summed E-state index contributed by atoms with van der Waals surface area (Å²) >= 11 is 0. The maximum atomic E-state index is 10.5. The minimum atomic E-state index is -1.17. The number of aromatic hydroxyl groups is 1. The molecule has 5 nitrogen and oxygen atoms in total. The summed E-state index contributed by atoms with van der Waals surface area (Å²) in [7, 11) is 0. The van der Waals surface area contributed by atoms with Crippen LogP contribution in [-0.4, -0.2) is 27.4 Å². The molecule has 1 aromatic rings. The monoisotopic (exact) mass is 197 g/mol. The van der Waals surface area contributed by atoms with Gasteiger partial charge in [0.2, 0.25) is 0 Å². The van der Waals surface area contributed by atoms with E-state index in [9.17, 15) is 9.90 Å². The normalized spacial score (nSPS) is 12.4. The SMILES string of the molecule is O=C(O)[C@H](Cc1ccccc1O)NO. The molecule has 76 valence electrons. The molecule has 1 aromatic carbocycles. The lowest BCUT2D eigenvalue weighted by atomic mass is 10.1. The van der Waals surface area contributed by atoms with Gasteiger partial charge < -0.3 is 15.4 Å². The first-order valence-corrected chi connectivity index (χ1v) is 4.04. The number of carboxylic acids is 1. The highest BCUT2D eigenvalue weighted by Crippen LogP contribution is 2.17. The largest absolute Gasteiger partial charge is 0.508 e. The highest BCUT2D eigenvalue weighted by atomic mass is 16.5. The quantitative estimate of drug-likeness (QED) is 0.523. The molecule has 1 rings (SSSR count). The van der Waals surface area contributed by atoms with Gasteiger partial charge in [-0.2, -0.15) is 5.48 Å². The van der Waals surface area contributed by atoms with Gasteiger partial charge in [0.15, 0.2) is 0 Å². The Morgan fingerprint density at radius 3 is 2.57 bits per heavy atom. The fraction of sp³-hybridized carbons (Fsp3) is 0.222. The number of rotatable bonds is 4. The van der Waals surface area contributed by atoms with Crippen molar-refractivity contribution in [2.75, 3.05) is 0 Å². The molecule has 0 saturated heterocycles. The lowest BCUT2D eigenvalue weighted by Gasteiger charge is -2.10. The average molecular weight is 197 g/mol. The molecule has 0 aliphatic rings. The van der Waals surface area contributed by atoms with Crippen LogP contribution in [0.15, 0.2) is 24.3 Å². The van der Waals surface area contributed by atoms with E-state index in [1.165, 1.54) is 6.07 Å². The van der Waals surface area contributed by atoms with Gasteiger partial charge in [-0.1, -0.05) is 18.2 Å². The number of phenolic OH excluding ortho intramolecular Hbond substituents is 1. The van der Waals surface area contributed by atoms with Crippen LogP contribution >= 0.6 is 0 Å². The molecule has 0 saturated carbocycles. The Labute approximate surface area is 80.6 Å². The van der Waals surface area contributed by atoms with Gasteiger partial charge in [0.05, 0.1) is 0 Å². The van der Waals surface area contributed by atoms with Crippen LogP contribution in [0.4, 0.5) is 0 Å². The zero-order chi connectivity index (χ0) is 10.6. The molecule has 0 aliphatic carbocycles. The Hall–Kier alpha value is -1.59. The van der Waals surface area contributed by atoms with Crippen molar-refractivity contribution in [3.63, 3.8) is 0 Å². The summed E-state index contributed by atoms with van der Waals surface area (Å²) < 4.78 is 0. The summed E-state index contributed by atoms with van der Waals surface area (Å²) in [6, 6.07) is 5.28. The van der Waals surface area contributed by atoms with E-state index < -0.39 is 12.0 Å². The van der Waals surface area contributed by atoms with Gasteiger partial charge in [0, 0.05) is 6.42 Å². The van der Waals surface area contributed by atoms with E-state index >= 15 is 0 Å². The number of benzene rings is 1. The molecule has 0 amide bonds. The summed E-state index contributed by atoms with van der Waals surface area (Å²) in [5.74, 6) is -1.15. The minimum Gasteiger partial charge on any atom is -0.508 e. The van der Waals surface area contributed by atoms with Gasteiger partial charge in [-0.25, -0.2) is 0 Å². The van der Waals surface area contributed by atoms with E-state index in [0.717, 1.165) is 0 Å². The van der Waals surface area contributed by atoms with Gasteiger partial charge in [0.1, 0.15) is 11.8 Å². The highest BCUT2D eigenvalue weighted by molar-refractivity contribution is 5.73. The predicted octanol–water partition coefficient (Wildman–Crippen LogP) is 0.367. The van der Waals surface area contributed by atoms with Gasteiger partial charge in [-0.15, -0.1) is 0 Å². The fourth-order valence-electron chi connectivity index (χ4n) is 1.09. The molecular formula is C9H11NO4. The second-order valence-corrected chi connectivity index (χ2v) is 2.85. The molecule has 0 heterocycles. The van der Waals surface area contributed by atoms with Crippen LogP contribution in [-0.2, 0) is 11.2 Å². The number of nitrogens with one attached hydrogen (secondary N) is 1. The van der Waals surface area contributed by atoms with E-state index in [-0.39, 0.29) is 12.2 Å². The van der Waals surface area contributed by atoms with Gasteiger partial charge in [-0.3, -0.25) is 4.79 Å². The van der Waals surface area contributed by atoms with Crippen LogP contribution in [0.3, 0.4) is 0 Å². The Balaban J connectivity index is 2.77. The van der Waals surface area contributed by atoms with E-state index in [0.29, 0.717) is 5.56 Å². The number of para-hydroxylation sites is 1. The van der Waals surface area contributed by atoms with Crippen LogP contribution in [0.25, 0.3) is 0 Å². The van der Waals surface area contributed by atoms with Crippen molar-refractivity contribution in [2.45, 2.75) is 12.5 Å². The summed E-state index contributed by atoms with van der Waals surface area (Å²) in [5, 5.41) is 26.5. The fourth-order valence-corrected chi connectivity index (χ4v) is 1.09. The van der Waals surface area contributed by atoms with Crippen LogP contribution in [0.5, 0.6) is 5.75 Å². The van der Waals surface area contributed by atoms with Crippen molar-refractivity contribution in [2.24, 2.45) is 0 Å². The molecule has 0 unspecified atom stereocenters. The molecule has 5 heteroatoms. The highest BCUT2D eigenvalue weighted by Gasteiger charge is 2.17. The number of carbonyl (C=O) groups is 1. The van der Waals surface area contributed by atoms with Crippen LogP contribution in [0.1, 0.15) is 5.56 Å². The third-order valence-corrected chi connectivity index (χ3v) is 1.87. The van der Waals surface area contributed by atoms with Crippen molar-refractivity contribution in [1.29, 1.82) is 0 Å². The van der Waals surface area contributed by atoms with Crippen molar-refractivity contribution < 1.29 is 20.2 Å². The van der Waals surface area contributed by atoms with Crippen molar-refractivity contribution in [3.05, 3.63) is 29.8 Å². The van der Waals surface area contributed by atoms with Crippen LogP contribution in [0, 0.1) is 0 Å². The molecule has 0 bridgehead atoms. The van der Waals surface area contributed by atoms with Gasteiger partial charge in [0.25, 0.3) is 0 Å². The number of phenols is 1. The summed E-state index contributed by atoms with van der Waals surface area (Å²) in [6.45, 7) is 0. The lowest BCUT2D eigenvalue weighted by molar-refractivity contribution is -0.142. The molecule has 0 radical (unpaired) electrons. The Morgan fingerprint density at radius 1 is 1.43 bits per heavy atom. The van der Waals surface area contributed by atoms with Crippen molar-refractivity contribution >= 4 is 5.97 Å². The van der Waals surface area contributed by atoms with Gasteiger partial charge >= 0.3 is 5.97 Å². The average Bonchev–Trinajstić information content (AvgIpc) is 2.16. The number of carboxylic acid groups (broad SMARTS) is 1. The third-order valence-electron chi connectivity index (χ3n) is 1.87. The summed E-state index contributed by atoms with van der Waals surface area (Å²) in [6.07, 6.45) is 0.0263. The van der Waals surface area contributed by atoms with E-state index in [2.05, 4.69) is 0 Å². The van der Waals surface area contributed by atoms with E-state index in [1.807, 2.05) is 0 Å². The lowest BCUT2D eigenvalue weighted by Crippen LogP contribution is -2.36. The molecule has 1 atom stereocenters. The Bertz CT molecular complexity index is 326. The van der Waals surface area contributed by atoms with Crippen LogP contribution < -0.4 is 5.48 Å². The number of hydrogen-bond donors (Lipinski definition) is 4. The smallest absolute Gasteiger partial charge is 0.323 e. The van der Waals surface area contributed by atoms with Gasteiger partial charge in [-0.05, 0) is 11.6 Å². The first-order valence-electron chi connectivity index (χ1n) is 4.04. The van der Waals surface area contributed by atoms with E-state index in [1.54, 1.807) is 23.7 Å². The van der Waals surface area contributed by atoms with Crippen LogP contribution in [0.2, 0.25) is 0 Å². The second-order valence-electron chi connectivity index (χ2n) is 2.85. The molecule has 4 N–H and O–H groups in total. The predicted molar refractivity (Wildman–Crippen MR) is 48.2 cm³/mol. The molecule has 0 aliphatic heterocycles. The molecule has 0 aromatic heterocycles. The zero-order valence-electron chi connectivity index (χ0n) is 7.34. The number of hydroxylamine groups is 1. The second kappa shape index (κ2) is 4.59. The number of aliphatic carboxylic acids is 1. The first kappa shape index (κ1) is 10.5. The maximum Gasteiger partial charge on any atom is 0.323 e. The summed E-state index contributed by atoms with van der Waals surface area (Å²) in [4.78, 5) is 10.5. The Kier molecular flexibility index (Phi) is 3.44.